The summed E-state index contributed by atoms with van der Waals surface area (Å²) >= 11 is 10.4. The van der Waals surface area contributed by atoms with E-state index in [4.69, 9.17) is 5.73 Å². The van der Waals surface area contributed by atoms with Crippen molar-refractivity contribution in [3.05, 3.63) is 25.6 Å². The molecule has 0 aromatic carbocycles. The maximum Gasteiger partial charge on any atom is 0.171 e. The minimum Gasteiger partial charge on any atom is -0.383 e. The molecule has 17 heavy (non-hydrogen) atoms. The molecule has 0 amide bonds. The number of fused-ring (bicyclic) bond motifs is 1. The van der Waals surface area contributed by atoms with Crippen LogP contribution in [0.15, 0.2) is 14.3 Å². The molecule has 0 radical (unpaired) electrons. The number of hydrogen-bond acceptors (Lipinski definition) is 5. The molecule has 7 heteroatoms. The first-order valence-electron chi connectivity index (χ1n) is 4.83. The van der Waals surface area contributed by atoms with Crippen LogP contribution in [0, 0.1) is 0 Å². The Bertz CT molecular complexity index is 578. The van der Waals surface area contributed by atoms with Crippen LogP contribution in [0.25, 0.3) is 10.7 Å². The smallest absolute Gasteiger partial charge is 0.171 e. The second kappa shape index (κ2) is 4.53. The normalized spacial score (nSPS) is 14.0. The fourth-order valence-electron chi connectivity index (χ4n) is 1.64. The summed E-state index contributed by atoms with van der Waals surface area (Å²) in [5.41, 5.74) is 8.16. The lowest BCUT2D eigenvalue weighted by atomic mass is 10.2. The van der Waals surface area contributed by atoms with Crippen LogP contribution >= 0.6 is 55.0 Å². The molecule has 0 bridgehead atoms. The van der Waals surface area contributed by atoms with Gasteiger partial charge in [0.2, 0.25) is 0 Å². The maximum absolute atomic E-state index is 5.97. The molecule has 3 nitrogen and oxygen atoms in total. The van der Waals surface area contributed by atoms with Crippen molar-refractivity contribution in [1.29, 1.82) is 0 Å². The lowest BCUT2D eigenvalue weighted by Crippen LogP contribution is -2.02. The number of rotatable bonds is 1. The van der Waals surface area contributed by atoms with Gasteiger partial charge in [0.25, 0.3) is 0 Å². The van der Waals surface area contributed by atoms with Crippen LogP contribution in [0.1, 0.15) is 11.3 Å². The van der Waals surface area contributed by atoms with Gasteiger partial charge in [-0.1, -0.05) is 0 Å². The Balaban J connectivity index is 2.13. The van der Waals surface area contributed by atoms with E-state index < -0.39 is 0 Å². The number of nitrogens with zero attached hydrogens (tertiary/aromatic N) is 2. The minimum absolute atomic E-state index is 0.621. The standard InChI is InChI=1S/C10H7Br2N3S2/c11-5-1-7(17-8(5)12)10-14-6-3-16-2-4(6)9(13)15-10/h1H,2-3H2,(H2,13,14,15). The van der Waals surface area contributed by atoms with E-state index in [-0.39, 0.29) is 0 Å². The van der Waals surface area contributed by atoms with E-state index in [0.29, 0.717) is 5.82 Å². The average molecular weight is 393 g/mol. The molecule has 2 aromatic rings. The molecule has 0 aliphatic carbocycles. The van der Waals surface area contributed by atoms with Gasteiger partial charge in [-0.3, -0.25) is 0 Å². The summed E-state index contributed by atoms with van der Waals surface area (Å²) in [5, 5.41) is 0. The zero-order chi connectivity index (χ0) is 12.0. The third-order valence-corrected chi connectivity index (χ3v) is 6.70. The van der Waals surface area contributed by atoms with Crippen molar-refractivity contribution in [2.24, 2.45) is 0 Å². The highest BCUT2D eigenvalue weighted by molar-refractivity contribution is 9.13. The largest absolute Gasteiger partial charge is 0.383 e. The van der Waals surface area contributed by atoms with E-state index in [9.17, 15) is 0 Å². The van der Waals surface area contributed by atoms with Gasteiger partial charge in [0.1, 0.15) is 5.82 Å². The number of halogens is 2. The van der Waals surface area contributed by atoms with Crippen LogP contribution < -0.4 is 5.73 Å². The van der Waals surface area contributed by atoms with Crippen molar-refractivity contribution in [3.63, 3.8) is 0 Å². The molecule has 2 aromatic heterocycles. The fourth-order valence-corrected chi connectivity index (χ4v) is 4.67. The molecule has 1 aliphatic rings. The van der Waals surface area contributed by atoms with Gasteiger partial charge in [0.05, 0.1) is 14.4 Å². The molecule has 2 N–H and O–H groups in total. The van der Waals surface area contributed by atoms with Crippen molar-refractivity contribution >= 4 is 60.8 Å². The molecule has 0 fully saturated rings. The molecule has 3 heterocycles. The van der Waals surface area contributed by atoms with Crippen LogP contribution in [0.2, 0.25) is 0 Å². The zero-order valence-electron chi connectivity index (χ0n) is 8.54. The Morgan fingerprint density at radius 3 is 2.76 bits per heavy atom. The Morgan fingerprint density at radius 2 is 2.06 bits per heavy atom. The fraction of sp³-hybridized carbons (Fsp3) is 0.200. The highest BCUT2D eigenvalue weighted by Gasteiger charge is 2.19. The first-order chi connectivity index (χ1) is 8.15. The van der Waals surface area contributed by atoms with E-state index in [1.165, 1.54) is 0 Å². The molecule has 1 aliphatic heterocycles. The highest BCUT2D eigenvalue weighted by atomic mass is 79.9. The second-order valence-corrected chi connectivity index (χ2v) is 7.79. The zero-order valence-corrected chi connectivity index (χ0v) is 13.3. The lowest BCUT2D eigenvalue weighted by Gasteiger charge is -2.04. The average Bonchev–Trinajstić information content (AvgIpc) is 2.87. The molecule has 88 valence electrons. The summed E-state index contributed by atoms with van der Waals surface area (Å²) in [6, 6.07) is 2.01. The molecule has 0 unspecified atom stereocenters. The van der Waals surface area contributed by atoms with Gasteiger partial charge in [0.15, 0.2) is 5.82 Å². The third-order valence-electron chi connectivity index (χ3n) is 2.48. The van der Waals surface area contributed by atoms with Crippen molar-refractivity contribution in [2.45, 2.75) is 11.5 Å². The van der Waals surface area contributed by atoms with E-state index in [1.54, 1.807) is 11.3 Å². The Kier molecular flexibility index (Phi) is 3.18. The van der Waals surface area contributed by atoms with Crippen LogP contribution in [0.3, 0.4) is 0 Å². The van der Waals surface area contributed by atoms with Gasteiger partial charge < -0.3 is 5.73 Å². The number of nitrogens with two attached hydrogens (primary N) is 1. The minimum atomic E-state index is 0.621. The van der Waals surface area contributed by atoms with E-state index >= 15 is 0 Å². The van der Waals surface area contributed by atoms with Crippen molar-refractivity contribution in [2.75, 3.05) is 5.73 Å². The maximum atomic E-state index is 5.97. The summed E-state index contributed by atoms with van der Waals surface area (Å²) in [6.45, 7) is 0. The van der Waals surface area contributed by atoms with Gasteiger partial charge in [-0.15, -0.1) is 11.3 Å². The first kappa shape index (κ1) is 12.0. The second-order valence-electron chi connectivity index (χ2n) is 3.58. The van der Waals surface area contributed by atoms with Crippen molar-refractivity contribution < 1.29 is 0 Å². The van der Waals surface area contributed by atoms with Gasteiger partial charge in [-0.05, 0) is 37.9 Å². The highest BCUT2D eigenvalue weighted by Crippen LogP contribution is 2.39. The molecular weight excluding hydrogens is 386 g/mol. The Hall–Kier alpha value is -0.110. The Morgan fingerprint density at radius 1 is 1.24 bits per heavy atom. The van der Waals surface area contributed by atoms with Crippen molar-refractivity contribution in [3.8, 4) is 10.7 Å². The summed E-state index contributed by atoms with van der Waals surface area (Å²) < 4.78 is 2.07. The van der Waals surface area contributed by atoms with Crippen molar-refractivity contribution in [1.82, 2.24) is 9.97 Å². The van der Waals surface area contributed by atoms with Gasteiger partial charge in [-0.2, -0.15) is 11.8 Å². The summed E-state index contributed by atoms with van der Waals surface area (Å²) in [7, 11) is 0. The predicted octanol–water partition coefficient (Wildman–Crippen LogP) is 4.06. The number of nitrogen functional groups attached to an aromatic ring is 1. The number of thiophene rings is 1. The molecule has 0 saturated heterocycles. The molecule has 0 spiro atoms. The predicted molar refractivity (Wildman–Crippen MR) is 80.2 cm³/mol. The van der Waals surface area contributed by atoms with Crippen LogP contribution in [-0.2, 0) is 11.5 Å². The number of aromatic nitrogens is 2. The lowest BCUT2D eigenvalue weighted by molar-refractivity contribution is 1.09. The summed E-state index contributed by atoms with van der Waals surface area (Å²) in [6.07, 6.45) is 0. The number of hydrogen-bond donors (Lipinski definition) is 1. The van der Waals surface area contributed by atoms with Crippen LogP contribution in [-0.4, -0.2) is 9.97 Å². The van der Waals surface area contributed by atoms with E-state index in [0.717, 1.165) is 41.7 Å². The number of anilines is 1. The molecule has 0 atom stereocenters. The molecule has 0 saturated carbocycles. The quantitative estimate of drug-likeness (QED) is 0.794. The van der Waals surface area contributed by atoms with Crippen LogP contribution in [0.4, 0.5) is 5.82 Å². The topological polar surface area (TPSA) is 51.8 Å². The Labute approximate surface area is 123 Å². The van der Waals surface area contributed by atoms with Gasteiger partial charge in [0, 0.05) is 21.5 Å². The first-order valence-corrected chi connectivity index (χ1v) is 8.39. The van der Waals surface area contributed by atoms with Gasteiger partial charge >= 0.3 is 0 Å². The summed E-state index contributed by atoms with van der Waals surface area (Å²) in [5.74, 6) is 3.21. The number of thioether (sulfide) groups is 1. The summed E-state index contributed by atoms with van der Waals surface area (Å²) in [4.78, 5) is 10.0. The van der Waals surface area contributed by atoms with E-state index in [1.807, 2.05) is 17.8 Å². The van der Waals surface area contributed by atoms with E-state index in [2.05, 4.69) is 41.8 Å². The van der Waals surface area contributed by atoms with Crippen LogP contribution in [0.5, 0.6) is 0 Å². The molecular formula is C10H7Br2N3S2. The van der Waals surface area contributed by atoms with Gasteiger partial charge in [-0.25, -0.2) is 9.97 Å². The SMILES string of the molecule is Nc1nc(-c2cc(Br)c(Br)s2)nc2c1CSC2. The third kappa shape index (κ3) is 2.14. The molecule has 3 rings (SSSR count). The monoisotopic (exact) mass is 391 g/mol.